The SMILES string of the molecule is Cc1nc(CNC(=O)c2cnn3c2C[C@@H](CN(C)C)CC3)cs1. The zero-order chi connectivity index (χ0) is 16.4. The van der Waals surface area contributed by atoms with Gasteiger partial charge in [0.05, 0.1) is 34.7 Å². The Bertz CT molecular complexity index is 690. The number of hydrogen-bond donors (Lipinski definition) is 1. The van der Waals surface area contributed by atoms with Gasteiger partial charge in [-0.15, -0.1) is 11.3 Å². The van der Waals surface area contributed by atoms with Gasteiger partial charge in [0.15, 0.2) is 0 Å². The highest BCUT2D eigenvalue weighted by Gasteiger charge is 2.25. The van der Waals surface area contributed by atoms with E-state index in [-0.39, 0.29) is 5.91 Å². The average Bonchev–Trinajstić information content (AvgIpc) is 3.10. The number of carbonyl (C=O) groups is 1. The van der Waals surface area contributed by atoms with Gasteiger partial charge in [-0.1, -0.05) is 0 Å². The van der Waals surface area contributed by atoms with Crippen LogP contribution in [0.1, 0.15) is 33.2 Å². The summed E-state index contributed by atoms with van der Waals surface area (Å²) in [6.07, 6.45) is 3.73. The quantitative estimate of drug-likeness (QED) is 0.905. The second kappa shape index (κ2) is 6.80. The molecule has 0 bridgehead atoms. The molecule has 0 unspecified atom stereocenters. The Labute approximate surface area is 140 Å². The number of carbonyl (C=O) groups excluding carboxylic acids is 1. The molecule has 1 atom stereocenters. The first-order valence-electron chi connectivity index (χ1n) is 7.91. The van der Waals surface area contributed by atoms with E-state index in [2.05, 4.69) is 34.4 Å². The van der Waals surface area contributed by atoms with Gasteiger partial charge in [-0.2, -0.15) is 5.10 Å². The van der Waals surface area contributed by atoms with Crippen LogP contribution in [0.2, 0.25) is 0 Å². The van der Waals surface area contributed by atoms with Crippen molar-refractivity contribution < 1.29 is 4.79 Å². The van der Waals surface area contributed by atoms with Gasteiger partial charge in [-0.25, -0.2) is 4.98 Å². The number of nitrogens with one attached hydrogen (secondary N) is 1. The number of aromatic nitrogens is 3. The van der Waals surface area contributed by atoms with Crippen molar-refractivity contribution in [3.8, 4) is 0 Å². The number of nitrogens with zero attached hydrogens (tertiary/aromatic N) is 4. The van der Waals surface area contributed by atoms with Crippen molar-refractivity contribution in [2.75, 3.05) is 20.6 Å². The number of aryl methyl sites for hydroxylation is 2. The minimum atomic E-state index is -0.0533. The molecule has 1 aliphatic heterocycles. The largest absolute Gasteiger partial charge is 0.346 e. The molecule has 0 saturated heterocycles. The van der Waals surface area contributed by atoms with Gasteiger partial charge in [0.25, 0.3) is 5.91 Å². The van der Waals surface area contributed by atoms with Gasteiger partial charge in [0, 0.05) is 18.5 Å². The van der Waals surface area contributed by atoms with E-state index in [1.54, 1.807) is 17.5 Å². The van der Waals surface area contributed by atoms with Crippen molar-refractivity contribution in [2.24, 2.45) is 5.92 Å². The zero-order valence-electron chi connectivity index (χ0n) is 13.9. The summed E-state index contributed by atoms with van der Waals surface area (Å²) in [4.78, 5) is 19.1. The third-order valence-electron chi connectivity index (χ3n) is 4.14. The summed E-state index contributed by atoms with van der Waals surface area (Å²) < 4.78 is 1.98. The van der Waals surface area contributed by atoms with E-state index in [4.69, 9.17) is 0 Å². The van der Waals surface area contributed by atoms with Gasteiger partial charge in [0.2, 0.25) is 0 Å². The summed E-state index contributed by atoms with van der Waals surface area (Å²) in [6.45, 7) is 4.38. The lowest BCUT2D eigenvalue weighted by Gasteiger charge is -2.26. The van der Waals surface area contributed by atoms with E-state index >= 15 is 0 Å². The molecule has 0 spiro atoms. The smallest absolute Gasteiger partial charge is 0.255 e. The predicted octanol–water partition coefficient (Wildman–Crippen LogP) is 1.70. The molecule has 0 fully saturated rings. The molecule has 1 N–H and O–H groups in total. The molecule has 0 saturated carbocycles. The molecule has 1 amide bonds. The lowest BCUT2D eigenvalue weighted by molar-refractivity contribution is 0.0948. The van der Waals surface area contributed by atoms with Crippen molar-refractivity contribution >= 4 is 17.2 Å². The Morgan fingerprint density at radius 2 is 2.35 bits per heavy atom. The summed E-state index contributed by atoms with van der Waals surface area (Å²) >= 11 is 1.60. The van der Waals surface area contributed by atoms with Crippen molar-refractivity contribution in [1.82, 2.24) is 25.0 Å². The highest BCUT2D eigenvalue weighted by atomic mass is 32.1. The number of fused-ring (bicyclic) bond motifs is 1. The van der Waals surface area contributed by atoms with E-state index in [0.29, 0.717) is 18.0 Å². The van der Waals surface area contributed by atoms with Gasteiger partial charge >= 0.3 is 0 Å². The van der Waals surface area contributed by atoms with Crippen LogP contribution in [0.3, 0.4) is 0 Å². The average molecular weight is 333 g/mol. The Morgan fingerprint density at radius 1 is 1.52 bits per heavy atom. The Morgan fingerprint density at radius 3 is 3.04 bits per heavy atom. The monoisotopic (exact) mass is 333 g/mol. The molecule has 0 aliphatic carbocycles. The molecule has 3 heterocycles. The topological polar surface area (TPSA) is 63.1 Å². The highest BCUT2D eigenvalue weighted by Crippen LogP contribution is 2.23. The first-order valence-corrected chi connectivity index (χ1v) is 8.79. The molecule has 6 nitrogen and oxygen atoms in total. The van der Waals surface area contributed by atoms with Crippen molar-refractivity contribution in [3.63, 3.8) is 0 Å². The molecule has 2 aromatic rings. The second-order valence-corrected chi connectivity index (χ2v) is 7.45. The summed E-state index contributed by atoms with van der Waals surface area (Å²) in [5, 5.41) is 10.3. The van der Waals surface area contributed by atoms with Gasteiger partial charge in [-0.05, 0) is 39.8 Å². The fourth-order valence-electron chi connectivity index (χ4n) is 3.12. The zero-order valence-corrected chi connectivity index (χ0v) is 14.7. The molecular formula is C16H23N5OS. The van der Waals surface area contributed by atoms with Gasteiger partial charge in [0.1, 0.15) is 0 Å². The molecule has 124 valence electrons. The third kappa shape index (κ3) is 3.79. The number of rotatable bonds is 5. The predicted molar refractivity (Wildman–Crippen MR) is 90.6 cm³/mol. The van der Waals surface area contributed by atoms with E-state index in [1.807, 2.05) is 17.0 Å². The fourth-order valence-corrected chi connectivity index (χ4v) is 3.73. The van der Waals surface area contributed by atoms with E-state index in [0.717, 1.165) is 42.3 Å². The number of hydrogen-bond acceptors (Lipinski definition) is 5. The standard InChI is InChI=1S/C16H23N5OS/c1-11-19-13(10-23-11)7-17-16(22)14-8-18-21-5-4-12(6-15(14)21)9-20(2)3/h8,10,12H,4-7,9H2,1-3H3,(H,17,22)/t12-/m0/s1. The van der Waals surface area contributed by atoms with Crippen LogP contribution in [-0.2, 0) is 19.5 Å². The Kier molecular flexibility index (Phi) is 4.77. The molecule has 23 heavy (non-hydrogen) atoms. The van der Waals surface area contributed by atoms with Crippen molar-refractivity contribution in [3.05, 3.63) is 33.5 Å². The van der Waals surface area contributed by atoms with Crippen LogP contribution in [0.5, 0.6) is 0 Å². The first-order chi connectivity index (χ1) is 11.0. The van der Waals surface area contributed by atoms with E-state index in [9.17, 15) is 4.79 Å². The Hall–Kier alpha value is -1.73. The molecule has 7 heteroatoms. The maximum absolute atomic E-state index is 12.5. The van der Waals surface area contributed by atoms with Crippen LogP contribution in [0.4, 0.5) is 0 Å². The summed E-state index contributed by atoms with van der Waals surface area (Å²) in [7, 11) is 4.19. The van der Waals surface area contributed by atoms with E-state index in [1.165, 1.54) is 0 Å². The molecule has 1 aliphatic rings. The first kappa shape index (κ1) is 16.1. The number of thiazole rings is 1. The minimum Gasteiger partial charge on any atom is -0.346 e. The molecule has 0 aromatic carbocycles. The Balaban J connectivity index is 1.66. The van der Waals surface area contributed by atoms with Crippen LogP contribution in [0.25, 0.3) is 0 Å². The summed E-state index contributed by atoms with van der Waals surface area (Å²) in [5.41, 5.74) is 2.68. The third-order valence-corrected chi connectivity index (χ3v) is 4.97. The van der Waals surface area contributed by atoms with Crippen LogP contribution >= 0.6 is 11.3 Å². The maximum Gasteiger partial charge on any atom is 0.255 e. The van der Waals surface area contributed by atoms with Crippen LogP contribution in [0, 0.1) is 12.8 Å². The number of amides is 1. The van der Waals surface area contributed by atoms with E-state index < -0.39 is 0 Å². The lowest BCUT2D eigenvalue weighted by Crippen LogP contribution is -2.31. The normalized spacial score (nSPS) is 17.3. The fraction of sp³-hybridized carbons (Fsp3) is 0.562. The summed E-state index contributed by atoms with van der Waals surface area (Å²) in [5.74, 6) is 0.532. The minimum absolute atomic E-state index is 0.0533. The lowest BCUT2D eigenvalue weighted by atomic mass is 9.94. The second-order valence-electron chi connectivity index (χ2n) is 6.39. The highest BCUT2D eigenvalue weighted by molar-refractivity contribution is 7.09. The van der Waals surface area contributed by atoms with Crippen LogP contribution in [0.15, 0.2) is 11.6 Å². The van der Waals surface area contributed by atoms with Gasteiger partial charge < -0.3 is 10.2 Å². The van der Waals surface area contributed by atoms with Crippen LogP contribution in [-0.4, -0.2) is 46.2 Å². The van der Waals surface area contributed by atoms with Crippen LogP contribution < -0.4 is 5.32 Å². The molecule has 3 rings (SSSR count). The molecule has 0 radical (unpaired) electrons. The van der Waals surface area contributed by atoms with Crippen molar-refractivity contribution in [1.29, 1.82) is 0 Å². The van der Waals surface area contributed by atoms with Crippen molar-refractivity contribution in [2.45, 2.75) is 32.9 Å². The molecular weight excluding hydrogens is 310 g/mol. The van der Waals surface area contributed by atoms with Gasteiger partial charge in [-0.3, -0.25) is 9.48 Å². The molecule has 2 aromatic heterocycles. The maximum atomic E-state index is 12.5. The summed E-state index contributed by atoms with van der Waals surface area (Å²) in [6, 6.07) is 0.